The first-order chi connectivity index (χ1) is 10.1. The van der Waals surface area contributed by atoms with Gasteiger partial charge in [0.25, 0.3) is 0 Å². The maximum absolute atomic E-state index is 11.8. The maximum atomic E-state index is 11.8. The van der Waals surface area contributed by atoms with Crippen molar-refractivity contribution in [3.8, 4) is 11.5 Å². The number of anilines is 1. The first kappa shape index (κ1) is 14.7. The molecule has 2 rings (SSSR count). The molecule has 1 aromatic heterocycles. The third kappa shape index (κ3) is 4.11. The Balaban J connectivity index is 2.01. The molecule has 21 heavy (non-hydrogen) atoms. The molecule has 0 spiro atoms. The van der Waals surface area contributed by atoms with Gasteiger partial charge in [0, 0.05) is 17.7 Å². The van der Waals surface area contributed by atoms with E-state index in [1.807, 2.05) is 0 Å². The van der Waals surface area contributed by atoms with Crippen molar-refractivity contribution in [1.82, 2.24) is 10.2 Å². The Morgan fingerprint density at radius 3 is 2.90 bits per heavy atom. The summed E-state index contributed by atoms with van der Waals surface area (Å²) in [6, 6.07) is 5.94. The number of aromatic nitrogens is 2. The zero-order valence-electron chi connectivity index (χ0n) is 11.0. The van der Waals surface area contributed by atoms with E-state index in [-0.39, 0.29) is 12.8 Å². The standard InChI is InChI=1S/C13H14N4O4/c14-10(4-5-11(18)19)12(20)16-9-3-1-2-8(6-9)13-17-15-7-21-13/h1-3,6-7,10H,4-5,14H2,(H,16,20)(H,18,19). The van der Waals surface area contributed by atoms with E-state index in [4.69, 9.17) is 15.3 Å². The van der Waals surface area contributed by atoms with Crippen LogP contribution >= 0.6 is 0 Å². The second-order valence-corrected chi connectivity index (χ2v) is 4.35. The molecule has 0 aliphatic heterocycles. The fourth-order valence-electron chi connectivity index (χ4n) is 1.67. The molecule has 0 aliphatic rings. The van der Waals surface area contributed by atoms with Crippen LogP contribution in [-0.2, 0) is 9.59 Å². The molecule has 0 aliphatic carbocycles. The van der Waals surface area contributed by atoms with E-state index < -0.39 is 17.9 Å². The Labute approximate surface area is 120 Å². The van der Waals surface area contributed by atoms with Gasteiger partial charge in [0.15, 0.2) is 0 Å². The van der Waals surface area contributed by atoms with Crippen LogP contribution in [0.25, 0.3) is 11.5 Å². The molecule has 0 fully saturated rings. The number of rotatable bonds is 6. The normalized spacial score (nSPS) is 11.9. The number of aliphatic carboxylic acids is 1. The van der Waals surface area contributed by atoms with E-state index in [1.165, 1.54) is 6.39 Å². The fraction of sp³-hybridized carbons (Fsp3) is 0.231. The van der Waals surface area contributed by atoms with Gasteiger partial charge >= 0.3 is 5.97 Å². The molecule has 1 heterocycles. The third-order valence-corrected chi connectivity index (χ3v) is 2.74. The van der Waals surface area contributed by atoms with Crippen molar-refractivity contribution in [3.63, 3.8) is 0 Å². The molecule has 1 atom stereocenters. The summed E-state index contributed by atoms with van der Waals surface area (Å²) in [6.07, 6.45) is 1.13. The van der Waals surface area contributed by atoms with E-state index in [9.17, 15) is 9.59 Å². The van der Waals surface area contributed by atoms with Gasteiger partial charge in [0.05, 0.1) is 6.04 Å². The van der Waals surface area contributed by atoms with Crippen molar-refractivity contribution in [2.75, 3.05) is 5.32 Å². The van der Waals surface area contributed by atoms with Crippen molar-refractivity contribution in [1.29, 1.82) is 0 Å². The van der Waals surface area contributed by atoms with Crippen LogP contribution in [0.15, 0.2) is 35.1 Å². The molecule has 1 amide bonds. The van der Waals surface area contributed by atoms with Gasteiger partial charge in [-0.3, -0.25) is 9.59 Å². The van der Waals surface area contributed by atoms with E-state index in [0.717, 1.165) is 0 Å². The zero-order valence-corrected chi connectivity index (χ0v) is 11.0. The SMILES string of the molecule is NC(CCC(=O)O)C(=O)Nc1cccc(-c2nnco2)c1. The van der Waals surface area contributed by atoms with Crippen molar-refractivity contribution < 1.29 is 19.1 Å². The van der Waals surface area contributed by atoms with Gasteiger partial charge in [0.2, 0.25) is 18.2 Å². The molecular weight excluding hydrogens is 276 g/mol. The number of hydrogen-bond acceptors (Lipinski definition) is 6. The Morgan fingerprint density at radius 2 is 2.24 bits per heavy atom. The minimum Gasteiger partial charge on any atom is -0.481 e. The van der Waals surface area contributed by atoms with Crippen LogP contribution in [0.4, 0.5) is 5.69 Å². The van der Waals surface area contributed by atoms with E-state index in [2.05, 4.69) is 15.5 Å². The highest BCUT2D eigenvalue weighted by Crippen LogP contribution is 2.20. The number of benzene rings is 1. The minimum atomic E-state index is -0.989. The van der Waals surface area contributed by atoms with E-state index in [0.29, 0.717) is 17.1 Å². The van der Waals surface area contributed by atoms with Crippen molar-refractivity contribution in [3.05, 3.63) is 30.7 Å². The number of nitrogens with zero attached hydrogens (tertiary/aromatic N) is 2. The highest BCUT2D eigenvalue weighted by atomic mass is 16.4. The summed E-state index contributed by atoms with van der Waals surface area (Å²) >= 11 is 0. The summed E-state index contributed by atoms with van der Waals surface area (Å²) in [4.78, 5) is 22.3. The Hall–Kier alpha value is -2.74. The van der Waals surface area contributed by atoms with E-state index >= 15 is 0 Å². The molecule has 4 N–H and O–H groups in total. The average Bonchev–Trinajstić information content (AvgIpc) is 2.99. The molecule has 1 aromatic carbocycles. The number of carbonyl (C=O) groups is 2. The topological polar surface area (TPSA) is 131 Å². The van der Waals surface area contributed by atoms with Crippen LogP contribution in [-0.4, -0.2) is 33.2 Å². The van der Waals surface area contributed by atoms with Gasteiger partial charge in [-0.25, -0.2) is 0 Å². The lowest BCUT2D eigenvalue weighted by molar-refractivity contribution is -0.137. The second-order valence-electron chi connectivity index (χ2n) is 4.35. The molecule has 0 radical (unpaired) electrons. The second kappa shape index (κ2) is 6.62. The highest BCUT2D eigenvalue weighted by molar-refractivity contribution is 5.95. The number of carbonyl (C=O) groups excluding carboxylic acids is 1. The average molecular weight is 290 g/mol. The predicted molar refractivity (Wildman–Crippen MR) is 73.2 cm³/mol. The number of carboxylic acids is 1. The zero-order chi connectivity index (χ0) is 15.2. The summed E-state index contributed by atoms with van der Waals surface area (Å²) in [5.74, 6) is -1.10. The van der Waals surface area contributed by atoms with Crippen LogP contribution in [0, 0.1) is 0 Å². The van der Waals surface area contributed by atoms with Gasteiger partial charge in [-0.05, 0) is 24.6 Å². The monoisotopic (exact) mass is 290 g/mol. The van der Waals surface area contributed by atoms with Gasteiger partial charge in [-0.1, -0.05) is 6.07 Å². The molecule has 1 unspecified atom stereocenters. The maximum Gasteiger partial charge on any atom is 0.303 e. The Bertz CT molecular complexity index is 627. The fourth-order valence-corrected chi connectivity index (χ4v) is 1.67. The molecule has 0 saturated heterocycles. The molecule has 0 bridgehead atoms. The molecular formula is C13H14N4O4. The number of carboxylic acid groups (broad SMARTS) is 1. The van der Waals surface area contributed by atoms with Gasteiger partial charge in [-0.2, -0.15) is 0 Å². The van der Waals surface area contributed by atoms with Crippen LogP contribution in [0.2, 0.25) is 0 Å². The molecule has 8 heteroatoms. The number of amides is 1. The first-order valence-electron chi connectivity index (χ1n) is 6.21. The molecule has 2 aromatic rings. The lowest BCUT2D eigenvalue weighted by Crippen LogP contribution is -2.36. The number of nitrogens with two attached hydrogens (primary N) is 1. The molecule has 110 valence electrons. The lowest BCUT2D eigenvalue weighted by atomic mass is 10.1. The smallest absolute Gasteiger partial charge is 0.303 e. The van der Waals surface area contributed by atoms with Crippen LogP contribution < -0.4 is 11.1 Å². The van der Waals surface area contributed by atoms with Crippen molar-refractivity contribution in [2.45, 2.75) is 18.9 Å². The quantitative estimate of drug-likeness (QED) is 0.719. The summed E-state index contributed by atoms with van der Waals surface area (Å²) in [5.41, 5.74) is 6.80. The minimum absolute atomic E-state index is 0.0739. The van der Waals surface area contributed by atoms with Crippen molar-refractivity contribution >= 4 is 17.6 Å². The largest absolute Gasteiger partial charge is 0.481 e. The lowest BCUT2D eigenvalue weighted by Gasteiger charge is -2.11. The van der Waals surface area contributed by atoms with Gasteiger partial charge < -0.3 is 20.6 Å². The summed E-state index contributed by atoms with van der Waals surface area (Å²) in [6.45, 7) is 0. The number of nitrogens with one attached hydrogen (secondary N) is 1. The highest BCUT2D eigenvalue weighted by Gasteiger charge is 2.15. The first-order valence-corrected chi connectivity index (χ1v) is 6.21. The van der Waals surface area contributed by atoms with Crippen molar-refractivity contribution in [2.24, 2.45) is 5.73 Å². The van der Waals surface area contributed by atoms with Crippen LogP contribution in [0.3, 0.4) is 0 Å². The Morgan fingerprint density at radius 1 is 1.43 bits per heavy atom. The molecule has 0 saturated carbocycles. The summed E-state index contributed by atoms with van der Waals surface area (Å²) in [7, 11) is 0. The predicted octanol–water partition coefficient (Wildman–Crippen LogP) is 0.867. The van der Waals surface area contributed by atoms with E-state index in [1.54, 1.807) is 24.3 Å². The Kier molecular flexibility index (Phi) is 4.62. The summed E-state index contributed by atoms with van der Waals surface area (Å²) in [5, 5.41) is 18.5. The van der Waals surface area contributed by atoms with Gasteiger partial charge in [0.1, 0.15) is 0 Å². The third-order valence-electron chi connectivity index (χ3n) is 2.74. The summed E-state index contributed by atoms with van der Waals surface area (Å²) < 4.78 is 5.07. The van der Waals surface area contributed by atoms with Crippen LogP contribution in [0.1, 0.15) is 12.8 Å². The molecule has 8 nitrogen and oxygen atoms in total. The number of hydrogen-bond donors (Lipinski definition) is 3. The van der Waals surface area contributed by atoms with Crippen LogP contribution in [0.5, 0.6) is 0 Å². The van der Waals surface area contributed by atoms with Gasteiger partial charge in [-0.15, -0.1) is 10.2 Å².